The molecule has 0 N–H and O–H groups in total. The summed E-state index contributed by atoms with van der Waals surface area (Å²) in [6, 6.07) is 10.0. The molecule has 7 heteroatoms. The lowest BCUT2D eigenvalue weighted by molar-refractivity contribution is -0.773. The van der Waals surface area contributed by atoms with Crippen LogP contribution in [0.4, 0.5) is 0 Å². The molecule has 3 atom stereocenters. The Bertz CT molecular complexity index is 4260. The number of nitrogens with zero attached hydrogens (tertiary/aromatic N) is 1. The van der Waals surface area contributed by atoms with Gasteiger partial charge in [0, 0.05) is 155 Å². The Balaban J connectivity index is 2.15. The molecular weight excluding hydrogens is 1020 g/mol. The standard InChI is InChI=1S/C76H39BNO5/c1-9-15-18-21-24-27-30-33-36-39-42-45-48-51-54-57-61-78(8,62-58-55-52-49-46-43-40-37-34-31-28-25-22-19-16-10-2)63-60-65-80-83-73(14-6)69-75-66-70(7)81-77(82-75)76-71(12-4)67-74(68-72(76)13-5)79-64-59-56-53-50-47-44-41-38-35-32-29-26-23-20-17-11-3/h1-3,67-68,70,73,75H,12-14,60,63,65-66,69H2,4-8H3/q+1. The minimum atomic E-state index is -0.597. The number of rotatable bonds is 13. The van der Waals surface area contributed by atoms with Gasteiger partial charge in [0.05, 0.1) is 31.6 Å². The van der Waals surface area contributed by atoms with Crippen molar-refractivity contribution in [3.63, 3.8) is 0 Å². The van der Waals surface area contributed by atoms with Crippen molar-refractivity contribution in [1.29, 1.82) is 0 Å². The molecule has 6 nitrogen and oxygen atoms in total. The van der Waals surface area contributed by atoms with E-state index in [0.717, 1.165) is 16.6 Å². The van der Waals surface area contributed by atoms with Gasteiger partial charge in [-0.25, -0.2) is 9.78 Å². The summed E-state index contributed by atoms with van der Waals surface area (Å²) in [7, 11) is 1.22. The summed E-state index contributed by atoms with van der Waals surface area (Å²) in [6.45, 7) is 8.91. The molecule has 1 aliphatic heterocycles. The highest BCUT2D eigenvalue weighted by Gasteiger charge is 2.37. The average Bonchev–Trinajstić information content (AvgIpc) is 3.65. The number of ether oxygens (including phenoxy) is 1. The third kappa shape index (κ3) is 34.3. The SMILES string of the molecule is C#CC#CC#CC#CC#CC#CC#CC#CC#COc1cc(CC)c(B2OC(C)CC(CC(CC)OOCCC[N+](C)(C#CC#CC#CC#CC#CC#CC#CC#CC#C)C#CC#CC#CC#CC#CC#CC#CC#CC#C)O2)c(CC)c1. The molecule has 83 heavy (non-hydrogen) atoms. The molecule has 1 aromatic rings. The lowest BCUT2D eigenvalue weighted by Crippen LogP contribution is -2.50. The molecule has 0 aromatic heterocycles. The minimum absolute atomic E-state index is 0.0456. The summed E-state index contributed by atoms with van der Waals surface area (Å²) < 4.78 is 18.8. The average molecular weight is 1060 g/mol. The van der Waals surface area contributed by atoms with Crippen molar-refractivity contribution in [3.8, 4) is 327 Å². The zero-order valence-corrected chi connectivity index (χ0v) is 45.8. The first-order chi connectivity index (χ1) is 40.8. The normalized spacial score (nSPS) is 10.3. The molecule has 1 heterocycles. The predicted octanol–water partition coefficient (Wildman–Crippen LogP) is 3.89. The van der Waals surface area contributed by atoms with Gasteiger partial charge in [-0.05, 0) is 203 Å². The van der Waals surface area contributed by atoms with Crippen LogP contribution in [0.1, 0.15) is 64.5 Å². The molecule has 0 amide bonds. The molecule has 0 aliphatic carbocycles. The van der Waals surface area contributed by atoms with E-state index in [4.69, 9.17) is 43.1 Å². The number of benzene rings is 1. The summed E-state index contributed by atoms with van der Waals surface area (Å²) in [4.78, 5) is 11.7. The lowest BCUT2D eigenvalue weighted by atomic mass is 9.70. The predicted molar refractivity (Wildman–Crippen MR) is 326 cm³/mol. The van der Waals surface area contributed by atoms with Crippen molar-refractivity contribution in [1.82, 2.24) is 0 Å². The van der Waals surface area contributed by atoms with Crippen LogP contribution < -0.4 is 10.2 Å². The van der Waals surface area contributed by atoms with E-state index in [-0.39, 0.29) is 29.4 Å². The van der Waals surface area contributed by atoms with Crippen LogP contribution >= 0.6 is 0 Å². The van der Waals surface area contributed by atoms with Gasteiger partial charge >= 0.3 is 7.12 Å². The van der Waals surface area contributed by atoms with E-state index in [9.17, 15) is 0 Å². The topological polar surface area (TPSA) is 46.2 Å². The maximum Gasteiger partial charge on any atom is 0.494 e. The summed E-state index contributed by atoms with van der Waals surface area (Å²) in [5.74, 6) is 122. The van der Waals surface area contributed by atoms with Crippen LogP contribution in [-0.4, -0.2) is 50.1 Å². The van der Waals surface area contributed by atoms with Crippen molar-refractivity contribution in [2.45, 2.75) is 84.5 Å². The van der Waals surface area contributed by atoms with Crippen LogP contribution in [0.25, 0.3) is 0 Å². The molecule has 1 saturated heterocycles. The second-order valence-corrected chi connectivity index (χ2v) is 15.1. The molecule has 2 rings (SSSR count). The first-order valence-corrected chi connectivity index (χ1v) is 24.5. The van der Waals surface area contributed by atoms with Gasteiger partial charge in [0.15, 0.2) is 12.1 Å². The first-order valence-electron chi connectivity index (χ1n) is 24.5. The fourth-order valence-corrected chi connectivity index (χ4v) is 5.91. The third-order valence-electron chi connectivity index (χ3n) is 9.27. The zero-order chi connectivity index (χ0) is 59.8. The Morgan fingerprint density at radius 3 is 1.17 bits per heavy atom. The van der Waals surface area contributed by atoms with Gasteiger partial charge in [-0.2, -0.15) is 4.48 Å². The smallest absolute Gasteiger partial charge is 0.407 e. The second-order valence-electron chi connectivity index (χ2n) is 15.1. The van der Waals surface area contributed by atoms with E-state index in [2.05, 4.69) is 316 Å². The molecule has 0 saturated carbocycles. The summed E-state index contributed by atoms with van der Waals surface area (Å²) in [6.07, 6.45) is 21.1. The van der Waals surface area contributed by atoms with Crippen molar-refractivity contribution in [3.05, 3.63) is 23.3 Å². The largest absolute Gasteiger partial charge is 0.494 e. The lowest BCUT2D eigenvalue weighted by Gasteiger charge is -2.35. The van der Waals surface area contributed by atoms with Crippen molar-refractivity contribution in [2.75, 3.05) is 20.2 Å². The fourth-order valence-electron chi connectivity index (χ4n) is 5.91. The Morgan fingerprint density at radius 2 is 0.831 bits per heavy atom. The Kier molecular flexibility index (Phi) is 36.9. The molecule has 1 aliphatic rings. The first kappa shape index (κ1) is 66.1. The van der Waals surface area contributed by atoms with Gasteiger partial charge < -0.3 is 14.0 Å². The number of aryl methyl sites for hydroxylation is 2. The van der Waals surface area contributed by atoms with Gasteiger partial charge in [-0.3, -0.25) is 0 Å². The van der Waals surface area contributed by atoms with Crippen LogP contribution in [-0.2, 0) is 31.9 Å². The van der Waals surface area contributed by atoms with E-state index in [0.29, 0.717) is 50.8 Å². The third-order valence-corrected chi connectivity index (χ3v) is 9.27. The molecule has 380 valence electrons. The Hall–Kier alpha value is -13.0. The summed E-state index contributed by atoms with van der Waals surface area (Å²) >= 11 is 0. The van der Waals surface area contributed by atoms with E-state index in [1.165, 1.54) is 0 Å². The highest BCUT2D eigenvalue weighted by Crippen LogP contribution is 2.25. The van der Waals surface area contributed by atoms with E-state index < -0.39 is 7.12 Å². The van der Waals surface area contributed by atoms with E-state index >= 15 is 0 Å². The van der Waals surface area contributed by atoms with Crippen LogP contribution in [0.15, 0.2) is 12.1 Å². The van der Waals surface area contributed by atoms with Crippen molar-refractivity contribution < 1.29 is 28.3 Å². The quantitative estimate of drug-likeness (QED) is 0.0751. The fraction of sp³-hybridized carbons (Fsp3) is 0.211. The van der Waals surface area contributed by atoms with Crippen LogP contribution in [0, 0.1) is 322 Å². The van der Waals surface area contributed by atoms with Crippen molar-refractivity contribution >= 4 is 12.6 Å². The highest BCUT2D eigenvalue weighted by atomic mass is 17.2. The zero-order valence-electron chi connectivity index (χ0n) is 45.8. The van der Waals surface area contributed by atoms with Crippen LogP contribution in [0.2, 0.25) is 0 Å². The maximum atomic E-state index is 6.66. The van der Waals surface area contributed by atoms with Crippen LogP contribution in [0.3, 0.4) is 0 Å². The van der Waals surface area contributed by atoms with E-state index in [1.54, 1.807) is 0 Å². The highest BCUT2D eigenvalue weighted by molar-refractivity contribution is 6.62. The molecule has 3 unspecified atom stereocenters. The van der Waals surface area contributed by atoms with E-state index in [1.807, 2.05) is 33.0 Å². The molecule has 0 spiro atoms. The number of hydrogen-bond acceptors (Lipinski definition) is 5. The monoisotopic (exact) mass is 1060 g/mol. The Morgan fingerprint density at radius 1 is 0.494 bits per heavy atom. The summed E-state index contributed by atoms with van der Waals surface area (Å²) in [5, 5.41) is 0. The van der Waals surface area contributed by atoms with Crippen molar-refractivity contribution in [2.24, 2.45) is 0 Å². The number of quaternary nitrogens is 1. The molecular formula is C76H39BNO5+. The number of hydrogen-bond donors (Lipinski definition) is 0. The molecule has 0 bridgehead atoms. The molecule has 1 aromatic carbocycles. The molecule has 0 radical (unpaired) electrons. The summed E-state index contributed by atoms with van der Waals surface area (Å²) in [5.41, 5.74) is 3.01. The minimum Gasteiger partial charge on any atom is -0.407 e. The Labute approximate surface area is 493 Å². The van der Waals surface area contributed by atoms with Gasteiger partial charge in [0.25, 0.3) is 0 Å². The second kappa shape index (κ2) is 46.3. The van der Waals surface area contributed by atoms with Gasteiger partial charge in [-0.15, -0.1) is 19.3 Å². The van der Waals surface area contributed by atoms with Gasteiger partial charge in [0.2, 0.25) is 0 Å². The maximum absolute atomic E-state index is 6.66. The van der Waals surface area contributed by atoms with Gasteiger partial charge in [0.1, 0.15) is 18.4 Å². The van der Waals surface area contributed by atoms with Gasteiger partial charge in [-0.1, -0.05) is 20.8 Å². The van der Waals surface area contributed by atoms with Crippen LogP contribution in [0.5, 0.6) is 5.75 Å². The molecule has 1 fully saturated rings. The number of terminal acetylenes is 3.